The number of amides is 2. The van der Waals surface area contributed by atoms with Crippen LogP contribution in [0.1, 0.15) is 30.5 Å². The number of aromatic nitrogens is 1. The first-order valence-electron chi connectivity index (χ1n) is 8.02. The maximum Gasteiger partial charge on any atom is 0.321 e. The minimum Gasteiger partial charge on any atom is -0.396 e. The first-order chi connectivity index (χ1) is 11.0. The molecule has 5 nitrogen and oxygen atoms in total. The van der Waals surface area contributed by atoms with E-state index in [-0.39, 0.29) is 13.1 Å². The number of likely N-dealkylation sites (tertiary alicyclic amines) is 1. The van der Waals surface area contributed by atoms with Crippen molar-refractivity contribution in [2.45, 2.75) is 38.0 Å². The van der Waals surface area contributed by atoms with Gasteiger partial charge in [-0.05, 0) is 37.3 Å². The summed E-state index contributed by atoms with van der Waals surface area (Å²) in [5.41, 5.74) is 2.81. The molecule has 1 aliphatic carbocycles. The van der Waals surface area contributed by atoms with Crippen LogP contribution in [0.5, 0.6) is 0 Å². The lowest BCUT2D eigenvalue weighted by molar-refractivity contribution is -0.111. The fourth-order valence-corrected chi connectivity index (χ4v) is 3.21. The summed E-state index contributed by atoms with van der Waals surface area (Å²) in [5, 5.41) is 11.8. The zero-order valence-corrected chi connectivity index (χ0v) is 12.9. The van der Waals surface area contributed by atoms with E-state index in [0.717, 1.165) is 36.9 Å². The van der Waals surface area contributed by atoms with Crippen molar-refractivity contribution in [2.75, 3.05) is 25.0 Å². The lowest BCUT2D eigenvalue weighted by Gasteiger charge is -2.37. The number of nitrogens with one attached hydrogen (secondary N) is 1. The standard InChI is InChI=1S/C16H21F2N3O2/c17-16(18)5-6-21(9-12(16)10-22)15(23)20-13-7-11-3-1-2-4-14(11)19-8-13/h7-8,12,22H,1-6,9-10H2,(H,20,23). The number of hydrogen-bond donors (Lipinski definition) is 2. The Balaban J connectivity index is 1.65. The number of piperidine rings is 1. The minimum atomic E-state index is -2.92. The van der Waals surface area contributed by atoms with Crippen molar-refractivity contribution >= 4 is 11.7 Å². The van der Waals surface area contributed by atoms with Gasteiger partial charge in [-0.15, -0.1) is 0 Å². The van der Waals surface area contributed by atoms with Crippen LogP contribution in [0.4, 0.5) is 19.3 Å². The molecular formula is C16H21F2N3O2. The summed E-state index contributed by atoms with van der Waals surface area (Å²) in [6, 6.07) is 1.50. The van der Waals surface area contributed by atoms with Gasteiger partial charge in [-0.1, -0.05) is 0 Å². The molecule has 1 saturated heterocycles. The van der Waals surface area contributed by atoms with Crippen molar-refractivity contribution in [3.8, 4) is 0 Å². The fraction of sp³-hybridized carbons (Fsp3) is 0.625. The molecule has 7 heteroatoms. The van der Waals surface area contributed by atoms with Crippen LogP contribution in [0.15, 0.2) is 12.3 Å². The van der Waals surface area contributed by atoms with Crippen molar-refractivity contribution < 1.29 is 18.7 Å². The van der Waals surface area contributed by atoms with E-state index in [0.29, 0.717) is 5.69 Å². The Morgan fingerprint density at radius 3 is 3.00 bits per heavy atom. The second kappa shape index (κ2) is 6.39. The quantitative estimate of drug-likeness (QED) is 0.878. The first-order valence-corrected chi connectivity index (χ1v) is 8.02. The SMILES string of the molecule is O=C(Nc1cnc2c(c1)CCCC2)N1CCC(F)(F)C(CO)C1. The van der Waals surface area contributed by atoms with Gasteiger partial charge in [0.2, 0.25) is 0 Å². The third-order valence-electron chi connectivity index (χ3n) is 4.68. The average Bonchev–Trinajstić information content (AvgIpc) is 2.54. The van der Waals surface area contributed by atoms with Crippen molar-refractivity contribution in [2.24, 2.45) is 5.92 Å². The molecule has 0 aromatic carbocycles. The Labute approximate surface area is 133 Å². The maximum absolute atomic E-state index is 13.6. The zero-order chi connectivity index (χ0) is 16.4. The summed E-state index contributed by atoms with van der Waals surface area (Å²) in [6.45, 7) is -0.793. The lowest BCUT2D eigenvalue weighted by Crippen LogP contribution is -2.51. The third-order valence-corrected chi connectivity index (χ3v) is 4.68. The Kier molecular flexibility index (Phi) is 4.48. The van der Waals surface area contributed by atoms with Crippen molar-refractivity contribution in [1.82, 2.24) is 9.88 Å². The molecule has 2 aliphatic rings. The van der Waals surface area contributed by atoms with Crippen LogP contribution in [0.2, 0.25) is 0 Å². The van der Waals surface area contributed by atoms with E-state index in [1.54, 1.807) is 6.20 Å². The van der Waals surface area contributed by atoms with Crippen LogP contribution >= 0.6 is 0 Å². The van der Waals surface area contributed by atoms with E-state index in [1.807, 2.05) is 6.07 Å². The van der Waals surface area contributed by atoms with Crippen LogP contribution < -0.4 is 5.32 Å². The lowest BCUT2D eigenvalue weighted by atomic mass is 9.94. The third kappa shape index (κ3) is 3.44. The van der Waals surface area contributed by atoms with Crippen LogP contribution in [-0.2, 0) is 12.8 Å². The number of aliphatic hydroxyl groups excluding tert-OH is 1. The number of carbonyl (C=O) groups excluding carboxylic acids is 1. The first kappa shape index (κ1) is 16.1. The van der Waals surface area contributed by atoms with Gasteiger partial charge in [0.05, 0.1) is 24.4 Å². The topological polar surface area (TPSA) is 65.5 Å². The van der Waals surface area contributed by atoms with Gasteiger partial charge in [0.15, 0.2) is 0 Å². The van der Waals surface area contributed by atoms with Crippen LogP contribution in [0, 0.1) is 5.92 Å². The number of carbonyl (C=O) groups is 1. The van der Waals surface area contributed by atoms with E-state index < -0.39 is 30.9 Å². The summed E-state index contributed by atoms with van der Waals surface area (Å²) in [6.07, 6.45) is 5.36. The van der Waals surface area contributed by atoms with E-state index in [1.165, 1.54) is 4.90 Å². The number of anilines is 1. The van der Waals surface area contributed by atoms with Gasteiger partial charge in [0.25, 0.3) is 5.92 Å². The number of alkyl halides is 2. The fourth-order valence-electron chi connectivity index (χ4n) is 3.21. The molecule has 126 valence electrons. The van der Waals surface area contributed by atoms with Gasteiger partial charge in [-0.25, -0.2) is 13.6 Å². The molecule has 3 rings (SSSR count). The molecular weight excluding hydrogens is 304 g/mol. The number of rotatable bonds is 2. The Morgan fingerprint density at radius 1 is 1.43 bits per heavy atom. The predicted octanol–water partition coefficient (Wildman–Crippen LogP) is 2.44. The van der Waals surface area contributed by atoms with Crippen LogP contribution in [0.25, 0.3) is 0 Å². The van der Waals surface area contributed by atoms with Gasteiger partial charge >= 0.3 is 6.03 Å². The molecule has 0 saturated carbocycles. The second-order valence-corrected chi connectivity index (χ2v) is 6.30. The van der Waals surface area contributed by atoms with E-state index in [2.05, 4.69) is 10.3 Å². The highest BCUT2D eigenvalue weighted by Gasteiger charge is 2.44. The number of urea groups is 1. The minimum absolute atomic E-state index is 0.0201. The molecule has 1 atom stereocenters. The normalized spacial score (nSPS) is 23.3. The highest BCUT2D eigenvalue weighted by Crippen LogP contribution is 2.33. The molecule has 0 radical (unpaired) electrons. The van der Waals surface area contributed by atoms with E-state index in [4.69, 9.17) is 5.11 Å². The second-order valence-electron chi connectivity index (χ2n) is 6.30. The molecule has 1 fully saturated rings. The zero-order valence-electron chi connectivity index (χ0n) is 12.9. The number of hydrogen-bond acceptors (Lipinski definition) is 3. The molecule has 1 aromatic rings. The van der Waals surface area contributed by atoms with Crippen molar-refractivity contribution in [3.05, 3.63) is 23.5 Å². The smallest absolute Gasteiger partial charge is 0.321 e. The number of halogens is 2. The molecule has 2 heterocycles. The molecule has 2 N–H and O–H groups in total. The van der Waals surface area contributed by atoms with E-state index >= 15 is 0 Å². The summed E-state index contributed by atoms with van der Waals surface area (Å²) in [7, 11) is 0. The molecule has 0 spiro atoms. The number of pyridine rings is 1. The molecule has 1 aliphatic heterocycles. The number of aliphatic hydroxyl groups is 1. The average molecular weight is 325 g/mol. The summed E-state index contributed by atoms with van der Waals surface area (Å²) >= 11 is 0. The summed E-state index contributed by atoms with van der Waals surface area (Å²) in [5.74, 6) is -4.12. The van der Waals surface area contributed by atoms with Gasteiger partial charge < -0.3 is 15.3 Å². The Bertz CT molecular complexity index is 595. The van der Waals surface area contributed by atoms with Gasteiger partial charge in [0.1, 0.15) is 0 Å². The van der Waals surface area contributed by atoms with Crippen LogP contribution in [0.3, 0.4) is 0 Å². The van der Waals surface area contributed by atoms with Gasteiger partial charge in [-0.3, -0.25) is 4.98 Å². The van der Waals surface area contributed by atoms with E-state index in [9.17, 15) is 13.6 Å². The monoisotopic (exact) mass is 325 g/mol. The van der Waals surface area contributed by atoms with Crippen molar-refractivity contribution in [3.63, 3.8) is 0 Å². The Hall–Kier alpha value is -1.76. The summed E-state index contributed by atoms with van der Waals surface area (Å²) in [4.78, 5) is 18.0. The molecule has 1 aromatic heterocycles. The largest absolute Gasteiger partial charge is 0.396 e. The summed E-state index contributed by atoms with van der Waals surface area (Å²) < 4.78 is 27.2. The number of nitrogens with zero attached hydrogens (tertiary/aromatic N) is 2. The molecule has 23 heavy (non-hydrogen) atoms. The van der Waals surface area contributed by atoms with Gasteiger partial charge in [-0.2, -0.15) is 0 Å². The highest BCUT2D eigenvalue weighted by molar-refractivity contribution is 5.89. The predicted molar refractivity (Wildman–Crippen MR) is 81.6 cm³/mol. The Morgan fingerprint density at radius 2 is 2.22 bits per heavy atom. The van der Waals surface area contributed by atoms with Crippen molar-refractivity contribution in [1.29, 1.82) is 0 Å². The number of aryl methyl sites for hydroxylation is 2. The number of fused-ring (bicyclic) bond motifs is 1. The van der Waals surface area contributed by atoms with Gasteiger partial charge in [0, 0.05) is 25.2 Å². The molecule has 1 unspecified atom stereocenters. The molecule has 2 amide bonds. The molecule has 0 bridgehead atoms. The highest BCUT2D eigenvalue weighted by atomic mass is 19.3. The van der Waals surface area contributed by atoms with Crippen LogP contribution in [-0.4, -0.2) is 46.6 Å². The maximum atomic E-state index is 13.6.